The molecule has 0 aliphatic rings. The van der Waals surface area contributed by atoms with Crippen molar-refractivity contribution >= 4 is 44.5 Å². The molecular formula is C18H24BrN3O2S. The fourth-order valence-electron chi connectivity index (χ4n) is 2.40. The first-order valence-electron chi connectivity index (χ1n) is 8.36. The summed E-state index contributed by atoms with van der Waals surface area (Å²) in [6.45, 7) is 10.4. The number of aromatic nitrogens is 2. The Labute approximate surface area is 160 Å². The van der Waals surface area contributed by atoms with Crippen molar-refractivity contribution in [3.05, 3.63) is 33.0 Å². The predicted molar refractivity (Wildman–Crippen MR) is 107 cm³/mol. The summed E-state index contributed by atoms with van der Waals surface area (Å²) in [5, 5.41) is 3.73. The minimum Gasteiger partial charge on any atom is -0.353 e. The van der Waals surface area contributed by atoms with E-state index in [1.807, 2.05) is 32.9 Å². The number of thioether (sulfide) groups is 1. The maximum atomic E-state index is 13.0. The zero-order chi connectivity index (χ0) is 18.7. The number of hydrogen-bond donors (Lipinski definition) is 1. The molecule has 0 saturated carbocycles. The van der Waals surface area contributed by atoms with Crippen LogP contribution in [-0.4, -0.2) is 26.8 Å². The second-order valence-electron chi connectivity index (χ2n) is 6.79. The number of carbonyl (C=O) groups excluding carboxylic acids is 1. The highest BCUT2D eigenvalue weighted by atomic mass is 79.9. The summed E-state index contributed by atoms with van der Waals surface area (Å²) in [4.78, 5) is 29.8. The number of nitrogens with zero attached hydrogens (tertiary/aromatic N) is 2. The molecular weight excluding hydrogens is 402 g/mol. The SMILES string of the molecule is CC(C)Cn1c(S[C@H](C)C(=O)NC(C)C)nc2ccc(Br)cc2c1=O. The van der Waals surface area contributed by atoms with Crippen molar-refractivity contribution in [2.75, 3.05) is 0 Å². The van der Waals surface area contributed by atoms with Gasteiger partial charge in [0.2, 0.25) is 5.91 Å². The first kappa shape index (κ1) is 20.0. The normalized spacial score (nSPS) is 12.8. The van der Waals surface area contributed by atoms with Crippen LogP contribution in [0.3, 0.4) is 0 Å². The van der Waals surface area contributed by atoms with Crippen LogP contribution < -0.4 is 10.9 Å². The monoisotopic (exact) mass is 425 g/mol. The molecule has 0 aliphatic heterocycles. The number of benzene rings is 1. The molecule has 5 nitrogen and oxygen atoms in total. The van der Waals surface area contributed by atoms with Gasteiger partial charge in [0.25, 0.3) is 5.56 Å². The van der Waals surface area contributed by atoms with E-state index in [1.54, 1.807) is 10.6 Å². The highest BCUT2D eigenvalue weighted by Gasteiger charge is 2.20. The van der Waals surface area contributed by atoms with Crippen molar-refractivity contribution in [2.24, 2.45) is 5.92 Å². The van der Waals surface area contributed by atoms with E-state index in [-0.39, 0.29) is 22.8 Å². The lowest BCUT2D eigenvalue weighted by Crippen LogP contribution is -2.36. The van der Waals surface area contributed by atoms with Gasteiger partial charge in [-0.25, -0.2) is 4.98 Å². The number of rotatable bonds is 6. The largest absolute Gasteiger partial charge is 0.353 e. The highest BCUT2D eigenvalue weighted by Crippen LogP contribution is 2.24. The summed E-state index contributed by atoms with van der Waals surface area (Å²) in [5.41, 5.74) is 0.575. The second-order valence-corrected chi connectivity index (χ2v) is 9.01. The molecule has 2 aromatic rings. The first-order chi connectivity index (χ1) is 11.7. The van der Waals surface area contributed by atoms with Gasteiger partial charge in [0, 0.05) is 17.1 Å². The number of amides is 1. The Morgan fingerprint density at radius 3 is 2.56 bits per heavy atom. The average molecular weight is 426 g/mol. The molecule has 2 rings (SSSR count). The van der Waals surface area contributed by atoms with Gasteiger partial charge in [-0.15, -0.1) is 0 Å². The summed E-state index contributed by atoms with van der Waals surface area (Å²) in [6, 6.07) is 5.56. The quantitative estimate of drug-likeness (QED) is 0.564. The van der Waals surface area contributed by atoms with E-state index in [2.05, 4.69) is 40.1 Å². The van der Waals surface area contributed by atoms with Crippen LogP contribution in [0.4, 0.5) is 0 Å². The van der Waals surface area contributed by atoms with Crippen LogP contribution in [0.15, 0.2) is 32.6 Å². The third kappa shape index (κ3) is 5.07. The van der Waals surface area contributed by atoms with E-state index in [9.17, 15) is 9.59 Å². The Hall–Kier alpha value is -1.34. The molecule has 1 amide bonds. The summed E-state index contributed by atoms with van der Waals surface area (Å²) in [7, 11) is 0. The molecule has 0 bridgehead atoms. The van der Waals surface area contributed by atoms with Crippen LogP contribution in [-0.2, 0) is 11.3 Å². The lowest BCUT2D eigenvalue weighted by atomic mass is 10.2. The topological polar surface area (TPSA) is 64.0 Å². The average Bonchev–Trinajstić information content (AvgIpc) is 2.51. The Bertz CT molecular complexity index is 833. The van der Waals surface area contributed by atoms with Crippen molar-refractivity contribution in [1.29, 1.82) is 0 Å². The molecule has 0 unspecified atom stereocenters. The minimum absolute atomic E-state index is 0.0544. The second kappa shape index (κ2) is 8.36. The summed E-state index contributed by atoms with van der Waals surface area (Å²) < 4.78 is 2.53. The van der Waals surface area contributed by atoms with E-state index >= 15 is 0 Å². The van der Waals surface area contributed by atoms with E-state index in [1.165, 1.54) is 11.8 Å². The fraction of sp³-hybridized carbons (Fsp3) is 0.500. The number of hydrogen-bond acceptors (Lipinski definition) is 4. The number of halogens is 1. The maximum absolute atomic E-state index is 13.0. The number of carbonyl (C=O) groups is 1. The first-order valence-corrected chi connectivity index (χ1v) is 10.0. The van der Waals surface area contributed by atoms with E-state index in [0.717, 1.165) is 4.47 Å². The Morgan fingerprint density at radius 1 is 1.28 bits per heavy atom. The van der Waals surface area contributed by atoms with Crippen LogP contribution in [0.25, 0.3) is 10.9 Å². The molecule has 0 fully saturated rings. The van der Waals surface area contributed by atoms with Gasteiger partial charge in [0.1, 0.15) is 0 Å². The molecule has 0 radical (unpaired) electrons. The highest BCUT2D eigenvalue weighted by molar-refractivity contribution is 9.10. The molecule has 0 spiro atoms. The molecule has 1 atom stereocenters. The zero-order valence-electron chi connectivity index (χ0n) is 15.2. The van der Waals surface area contributed by atoms with Gasteiger partial charge < -0.3 is 5.32 Å². The van der Waals surface area contributed by atoms with Gasteiger partial charge in [-0.3, -0.25) is 14.2 Å². The van der Waals surface area contributed by atoms with Crippen molar-refractivity contribution in [1.82, 2.24) is 14.9 Å². The van der Waals surface area contributed by atoms with Crippen molar-refractivity contribution in [2.45, 2.75) is 57.6 Å². The minimum atomic E-state index is -0.333. The Kier molecular flexibility index (Phi) is 6.68. The van der Waals surface area contributed by atoms with Crippen molar-refractivity contribution in [3.63, 3.8) is 0 Å². The molecule has 1 N–H and O–H groups in total. The van der Waals surface area contributed by atoms with Crippen LogP contribution in [0, 0.1) is 5.92 Å². The lowest BCUT2D eigenvalue weighted by molar-refractivity contribution is -0.120. The van der Waals surface area contributed by atoms with Crippen LogP contribution in [0.1, 0.15) is 34.6 Å². The summed E-state index contributed by atoms with van der Waals surface area (Å²) in [6.07, 6.45) is 0. The fourth-order valence-corrected chi connectivity index (χ4v) is 3.69. The van der Waals surface area contributed by atoms with Gasteiger partial charge in [0.05, 0.1) is 16.2 Å². The molecule has 136 valence electrons. The van der Waals surface area contributed by atoms with Gasteiger partial charge >= 0.3 is 0 Å². The molecule has 1 heterocycles. The Balaban J connectivity index is 2.48. The lowest BCUT2D eigenvalue weighted by Gasteiger charge is -2.18. The van der Waals surface area contributed by atoms with Crippen LogP contribution in [0.5, 0.6) is 0 Å². The van der Waals surface area contributed by atoms with E-state index in [4.69, 9.17) is 0 Å². The van der Waals surface area contributed by atoms with Gasteiger partial charge in [-0.2, -0.15) is 0 Å². The van der Waals surface area contributed by atoms with Gasteiger partial charge in [0.15, 0.2) is 5.16 Å². The van der Waals surface area contributed by atoms with Gasteiger partial charge in [-0.1, -0.05) is 41.5 Å². The van der Waals surface area contributed by atoms with Crippen molar-refractivity contribution < 1.29 is 4.79 Å². The molecule has 1 aromatic carbocycles. The number of nitrogens with one attached hydrogen (secondary N) is 1. The van der Waals surface area contributed by atoms with Crippen LogP contribution >= 0.6 is 27.7 Å². The molecule has 7 heteroatoms. The zero-order valence-corrected chi connectivity index (χ0v) is 17.6. The summed E-state index contributed by atoms with van der Waals surface area (Å²) in [5.74, 6) is 0.240. The third-order valence-electron chi connectivity index (χ3n) is 3.51. The standard InChI is InChI=1S/C18H24BrN3O2S/c1-10(2)9-22-17(24)14-8-13(19)6-7-15(14)21-18(22)25-12(5)16(23)20-11(3)4/h6-8,10-12H,9H2,1-5H3,(H,20,23)/t12-/m1/s1. The van der Waals surface area contributed by atoms with Crippen LogP contribution in [0.2, 0.25) is 0 Å². The molecule has 25 heavy (non-hydrogen) atoms. The van der Waals surface area contributed by atoms with E-state index in [0.29, 0.717) is 28.5 Å². The Morgan fingerprint density at radius 2 is 1.96 bits per heavy atom. The molecule has 0 saturated heterocycles. The third-order valence-corrected chi connectivity index (χ3v) is 5.09. The van der Waals surface area contributed by atoms with Crippen molar-refractivity contribution in [3.8, 4) is 0 Å². The maximum Gasteiger partial charge on any atom is 0.262 e. The molecule has 1 aromatic heterocycles. The number of fused-ring (bicyclic) bond motifs is 1. The smallest absolute Gasteiger partial charge is 0.262 e. The van der Waals surface area contributed by atoms with Gasteiger partial charge in [-0.05, 0) is 44.9 Å². The molecule has 0 aliphatic carbocycles. The van der Waals surface area contributed by atoms with E-state index < -0.39 is 0 Å². The summed E-state index contributed by atoms with van der Waals surface area (Å²) >= 11 is 4.73. The predicted octanol–water partition coefficient (Wildman–Crippen LogP) is 3.82.